The average Bonchev–Trinajstić information content (AvgIpc) is 2.84. The van der Waals surface area contributed by atoms with Gasteiger partial charge < -0.3 is 30.3 Å². The van der Waals surface area contributed by atoms with Crippen LogP contribution in [0.25, 0.3) is 0 Å². The lowest BCUT2D eigenvalue weighted by Crippen LogP contribution is -2.42. The van der Waals surface area contributed by atoms with E-state index in [1.807, 2.05) is 14.1 Å². The van der Waals surface area contributed by atoms with Gasteiger partial charge in [0.1, 0.15) is 11.6 Å². The summed E-state index contributed by atoms with van der Waals surface area (Å²) < 4.78 is 24.6. The van der Waals surface area contributed by atoms with Gasteiger partial charge in [0.05, 0.1) is 18.0 Å². The smallest absolute Gasteiger partial charge is 0.319 e. The van der Waals surface area contributed by atoms with Crippen LogP contribution in [0.1, 0.15) is 55.3 Å². The molecule has 3 aliphatic rings. The highest BCUT2D eigenvalue weighted by Gasteiger charge is 2.26. The van der Waals surface area contributed by atoms with Gasteiger partial charge in [0, 0.05) is 43.4 Å². The van der Waals surface area contributed by atoms with Gasteiger partial charge in [-0.2, -0.15) is 4.98 Å². The fourth-order valence-corrected chi connectivity index (χ4v) is 5.19. The number of aryl methyl sites for hydroxylation is 1. The summed E-state index contributed by atoms with van der Waals surface area (Å²) in [5.41, 5.74) is 3.35. The molecule has 1 aliphatic heterocycles. The maximum Gasteiger partial charge on any atom is 0.319 e. The second kappa shape index (κ2) is 10.2. The van der Waals surface area contributed by atoms with Crippen LogP contribution in [0.2, 0.25) is 0 Å². The van der Waals surface area contributed by atoms with E-state index >= 15 is 0 Å². The summed E-state index contributed by atoms with van der Waals surface area (Å²) in [6.07, 6.45) is 7.89. The summed E-state index contributed by atoms with van der Waals surface area (Å²) in [4.78, 5) is 24.3. The SMILES string of the molecule is CN(C)c1nc(N[C@H]2CC[C@@H](NC(=O)Nc3cc(F)cc4c3OCOC4)CC2)nc2c1CCCC2. The molecule has 2 amide bonds. The topological polar surface area (TPSA) is 101 Å². The number of aromatic nitrogens is 2. The van der Waals surface area contributed by atoms with Crippen LogP contribution in [0.4, 0.5) is 26.6 Å². The van der Waals surface area contributed by atoms with E-state index in [9.17, 15) is 9.18 Å². The number of hydrogen-bond donors (Lipinski definition) is 3. The molecule has 0 radical (unpaired) electrons. The molecule has 0 spiro atoms. The lowest BCUT2D eigenvalue weighted by atomic mass is 9.91. The van der Waals surface area contributed by atoms with Crippen LogP contribution in [0.15, 0.2) is 12.1 Å². The molecule has 35 heavy (non-hydrogen) atoms. The first-order valence-corrected chi connectivity index (χ1v) is 12.4. The Morgan fingerprint density at radius 2 is 1.86 bits per heavy atom. The van der Waals surface area contributed by atoms with Gasteiger partial charge >= 0.3 is 6.03 Å². The van der Waals surface area contributed by atoms with Gasteiger partial charge in [0.2, 0.25) is 5.95 Å². The largest absolute Gasteiger partial charge is 0.465 e. The van der Waals surface area contributed by atoms with E-state index in [0.29, 0.717) is 22.9 Å². The van der Waals surface area contributed by atoms with E-state index in [2.05, 4.69) is 20.9 Å². The van der Waals surface area contributed by atoms with Crippen LogP contribution in [0.5, 0.6) is 5.75 Å². The number of urea groups is 1. The van der Waals surface area contributed by atoms with Crippen molar-refractivity contribution in [3.05, 3.63) is 34.8 Å². The molecular weight excluding hydrogens is 451 g/mol. The van der Waals surface area contributed by atoms with Crippen molar-refractivity contribution in [3.63, 3.8) is 0 Å². The zero-order valence-electron chi connectivity index (χ0n) is 20.3. The van der Waals surface area contributed by atoms with Crippen molar-refractivity contribution in [2.45, 2.75) is 70.1 Å². The first-order valence-electron chi connectivity index (χ1n) is 12.4. The molecule has 1 aromatic heterocycles. The van der Waals surface area contributed by atoms with E-state index in [-0.39, 0.29) is 31.5 Å². The highest BCUT2D eigenvalue weighted by Crippen LogP contribution is 2.34. The van der Waals surface area contributed by atoms with Crippen molar-refractivity contribution < 1.29 is 18.7 Å². The van der Waals surface area contributed by atoms with Crippen LogP contribution >= 0.6 is 0 Å². The number of amides is 2. The maximum absolute atomic E-state index is 13.9. The van der Waals surface area contributed by atoms with Crippen molar-refractivity contribution in [1.29, 1.82) is 0 Å². The Hall–Kier alpha value is -3.14. The molecule has 2 heterocycles. The Morgan fingerprint density at radius 1 is 1.09 bits per heavy atom. The van der Waals surface area contributed by atoms with E-state index in [1.165, 1.54) is 36.2 Å². The zero-order chi connectivity index (χ0) is 24.4. The first-order chi connectivity index (χ1) is 17.0. The lowest BCUT2D eigenvalue weighted by Gasteiger charge is -2.30. The quantitative estimate of drug-likeness (QED) is 0.590. The van der Waals surface area contributed by atoms with Gasteiger partial charge in [-0.05, 0) is 57.4 Å². The zero-order valence-corrected chi connectivity index (χ0v) is 20.3. The maximum atomic E-state index is 13.9. The predicted octanol–water partition coefficient (Wildman–Crippen LogP) is 3.97. The molecule has 0 atom stereocenters. The number of benzene rings is 1. The van der Waals surface area contributed by atoms with E-state index in [1.54, 1.807) is 0 Å². The normalized spacial score (nSPS) is 21.2. The molecule has 2 aromatic rings. The summed E-state index contributed by atoms with van der Waals surface area (Å²) in [7, 11) is 4.06. The number of fused-ring (bicyclic) bond motifs is 2. The van der Waals surface area contributed by atoms with Crippen LogP contribution in [0, 0.1) is 5.82 Å². The predicted molar refractivity (Wildman–Crippen MR) is 132 cm³/mol. The van der Waals surface area contributed by atoms with Gasteiger partial charge in [0.15, 0.2) is 12.5 Å². The summed E-state index contributed by atoms with van der Waals surface area (Å²) >= 11 is 0. The number of anilines is 3. The molecule has 9 nitrogen and oxygen atoms in total. The standard InChI is InChI=1S/C25H33FN6O3/c1-32(2)23-19-5-3-4-6-20(19)29-24(31-23)27-17-7-9-18(10-8-17)28-25(33)30-21-12-16(26)11-15-13-34-14-35-22(15)21/h11-12,17-18H,3-10,13-14H2,1-2H3,(H,27,29,31)(H2,28,30,33)/t17-,18+. The Kier molecular flexibility index (Phi) is 6.90. The fourth-order valence-electron chi connectivity index (χ4n) is 5.19. The molecule has 2 aliphatic carbocycles. The van der Waals surface area contributed by atoms with Gasteiger partial charge in [-0.15, -0.1) is 0 Å². The summed E-state index contributed by atoms with van der Waals surface area (Å²) in [5.74, 6) is 1.73. The van der Waals surface area contributed by atoms with Crippen LogP contribution < -0.4 is 25.6 Å². The second-order valence-corrected chi connectivity index (χ2v) is 9.74. The molecule has 0 saturated heterocycles. The van der Waals surface area contributed by atoms with Crippen molar-refractivity contribution in [2.75, 3.05) is 36.4 Å². The third-order valence-corrected chi connectivity index (χ3v) is 6.90. The molecule has 0 unspecified atom stereocenters. The highest BCUT2D eigenvalue weighted by atomic mass is 19.1. The van der Waals surface area contributed by atoms with Crippen molar-refractivity contribution in [3.8, 4) is 5.75 Å². The molecule has 1 aromatic carbocycles. The van der Waals surface area contributed by atoms with Gasteiger partial charge in [-0.1, -0.05) is 0 Å². The van der Waals surface area contributed by atoms with E-state index in [0.717, 1.165) is 44.3 Å². The Morgan fingerprint density at radius 3 is 2.66 bits per heavy atom. The molecule has 3 N–H and O–H groups in total. The monoisotopic (exact) mass is 484 g/mol. The van der Waals surface area contributed by atoms with Crippen molar-refractivity contribution in [1.82, 2.24) is 15.3 Å². The van der Waals surface area contributed by atoms with Crippen LogP contribution in [-0.4, -0.2) is 49.0 Å². The Labute approximate surface area is 204 Å². The third kappa shape index (κ3) is 5.42. The number of ether oxygens (including phenoxy) is 2. The molecule has 188 valence electrons. The van der Waals surface area contributed by atoms with Gasteiger partial charge in [0.25, 0.3) is 0 Å². The highest BCUT2D eigenvalue weighted by molar-refractivity contribution is 5.91. The van der Waals surface area contributed by atoms with Crippen molar-refractivity contribution in [2.24, 2.45) is 0 Å². The average molecular weight is 485 g/mol. The molecule has 1 fully saturated rings. The summed E-state index contributed by atoms with van der Waals surface area (Å²) in [5, 5.41) is 9.30. The molecule has 10 heteroatoms. The number of rotatable bonds is 5. The number of carbonyl (C=O) groups is 1. The molecular formula is C25H33FN6O3. The van der Waals surface area contributed by atoms with Crippen molar-refractivity contribution >= 4 is 23.5 Å². The minimum Gasteiger partial charge on any atom is -0.465 e. The number of nitrogens with one attached hydrogen (secondary N) is 3. The van der Waals surface area contributed by atoms with E-state index < -0.39 is 5.82 Å². The number of halogens is 1. The molecule has 0 bridgehead atoms. The van der Waals surface area contributed by atoms with E-state index in [4.69, 9.17) is 19.4 Å². The lowest BCUT2D eigenvalue weighted by molar-refractivity contribution is -0.0160. The summed E-state index contributed by atoms with van der Waals surface area (Å²) in [6, 6.07) is 2.57. The molecule has 1 saturated carbocycles. The number of hydrogen-bond acceptors (Lipinski definition) is 7. The fraction of sp³-hybridized carbons (Fsp3) is 0.560. The van der Waals surface area contributed by atoms with Gasteiger partial charge in [-0.25, -0.2) is 14.2 Å². The van der Waals surface area contributed by atoms with Crippen LogP contribution in [0.3, 0.4) is 0 Å². The molecule has 5 rings (SSSR count). The Bertz CT molecular complexity index is 1090. The van der Waals surface area contributed by atoms with Crippen LogP contribution in [-0.2, 0) is 24.2 Å². The minimum absolute atomic E-state index is 0.0449. The Balaban J connectivity index is 1.16. The number of carbonyl (C=O) groups excluding carboxylic acids is 1. The first kappa shape index (κ1) is 23.6. The second-order valence-electron chi connectivity index (χ2n) is 9.74. The number of nitrogens with zero attached hydrogens (tertiary/aromatic N) is 3. The third-order valence-electron chi connectivity index (χ3n) is 6.90. The minimum atomic E-state index is -0.443. The van der Waals surface area contributed by atoms with Gasteiger partial charge in [-0.3, -0.25) is 0 Å². The summed E-state index contributed by atoms with van der Waals surface area (Å²) in [6.45, 7) is 0.334.